The van der Waals surface area contributed by atoms with Crippen LogP contribution in [-0.4, -0.2) is 14.3 Å². The lowest BCUT2D eigenvalue weighted by molar-refractivity contribution is 0.627. The minimum atomic E-state index is -0.451. The molecular formula is C17H10FN5O. The Labute approximate surface area is 136 Å². The van der Waals surface area contributed by atoms with Gasteiger partial charge in [-0.2, -0.15) is 15.2 Å². The third-order valence-electron chi connectivity index (χ3n) is 3.51. The Morgan fingerprint density at radius 1 is 1.00 bits per heavy atom. The minimum Gasteiger partial charge on any atom is -0.247 e. The molecule has 0 saturated heterocycles. The molecule has 0 atom stereocenters. The first kappa shape index (κ1) is 15.2. The number of benzene rings is 2. The fourth-order valence-electron chi connectivity index (χ4n) is 2.37. The Kier molecular flexibility index (Phi) is 3.69. The summed E-state index contributed by atoms with van der Waals surface area (Å²) in [6.07, 6.45) is 0. The van der Waals surface area contributed by atoms with Gasteiger partial charge in [0.15, 0.2) is 0 Å². The maximum atomic E-state index is 13.1. The molecule has 24 heavy (non-hydrogen) atoms. The Hall–Kier alpha value is -3.71. The van der Waals surface area contributed by atoms with Crippen LogP contribution >= 0.6 is 0 Å². The monoisotopic (exact) mass is 319 g/mol. The number of halogens is 1. The van der Waals surface area contributed by atoms with Crippen molar-refractivity contribution in [3.8, 4) is 23.5 Å². The fraction of sp³-hybridized carbons (Fsp3) is 0.0588. The van der Waals surface area contributed by atoms with Crippen LogP contribution in [0.4, 0.5) is 4.39 Å². The summed E-state index contributed by atoms with van der Waals surface area (Å²) in [5, 5.41) is 22.3. The quantitative estimate of drug-likeness (QED) is 0.724. The van der Waals surface area contributed by atoms with Gasteiger partial charge in [0, 0.05) is 0 Å². The first-order valence-corrected chi connectivity index (χ1v) is 6.94. The zero-order valence-electron chi connectivity index (χ0n) is 12.6. The molecule has 0 radical (unpaired) electrons. The second-order valence-corrected chi connectivity index (χ2v) is 5.01. The van der Waals surface area contributed by atoms with E-state index < -0.39 is 11.5 Å². The molecule has 0 saturated carbocycles. The van der Waals surface area contributed by atoms with Crippen LogP contribution in [-0.2, 0) is 0 Å². The average molecular weight is 319 g/mol. The highest BCUT2D eigenvalue weighted by Crippen LogP contribution is 2.14. The Morgan fingerprint density at radius 2 is 1.62 bits per heavy atom. The van der Waals surface area contributed by atoms with Crippen LogP contribution in [0, 0.1) is 35.4 Å². The number of nitriles is 2. The van der Waals surface area contributed by atoms with Crippen molar-refractivity contribution < 1.29 is 4.39 Å². The molecule has 0 amide bonds. The molecular weight excluding hydrogens is 309 g/mol. The van der Waals surface area contributed by atoms with Crippen molar-refractivity contribution in [1.82, 2.24) is 14.3 Å². The van der Waals surface area contributed by atoms with Crippen LogP contribution in [0.1, 0.15) is 17.0 Å². The van der Waals surface area contributed by atoms with Crippen LogP contribution in [0.15, 0.2) is 47.3 Å². The molecule has 3 rings (SSSR count). The van der Waals surface area contributed by atoms with E-state index in [0.717, 1.165) is 4.68 Å². The molecule has 1 aromatic heterocycles. The van der Waals surface area contributed by atoms with Gasteiger partial charge in [-0.25, -0.2) is 13.8 Å². The van der Waals surface area contributed by atoms with Gasteiger partial charge in [-0.05, 0) is 49.4 Å². The van der Waals surface area contributed by atoms with Gasteiger partial charge in [0.05, 0.1) is 22.5 Å². The van der Waals surface area contributed by atoms with Crippen LogP contribution in [0.3, 0.4) is 0 Å². The molecule has 0 spiro atoms. The predicted octanol–water partition coefficient (Wildman–Crippen LogP) is 2.21. The van der Waals surface area contributed by atoms with E-state index >= 15 is 0 Å². The molecule has 116 valence electrons. The van der Waals surface area contributed by atoms with Crippen LogP contribution in [0.5, 0.6) is 0 Å². The van der Waals surface area contributed by atoms with E-state index in [1.54, 1.807) is 13.0 Å². The normalized spacial score (nSPS) is 10.2. The first-order valence-electron chi connectivity index (χ1n) is 6.94. The molecule has 7 heteroatoms. The molecule has 1 heterocycles. The molecule has 0 fully saturated rings. The van der Waals surface area contributed by atoms with Crippen molar-refractivity contribution in [1.29, 1.82) is 10.5 Å². The van der Waals surface area contributed by atoms with Crippen LogP contribution in [0.2, 0.25) is 0 Å². The summed E-state index contributed by atoms with van der Waals surface area (Å²) in [7, 11) is 0. The number of hydrogen-bond acceptors (Lipinski definition) is 4. The molecule has 0 unspecified atom stereocenters. The van der Waals surface area contributed by atoms with E-state index in [9.17, 15) is 9.18 Å². The SMILES string of the molecule is Cc1nn(-c2ccc(C#N)c(C#N)c2)c(=O)n1-c1ccc(F)cc1. The second kappa shape index (κ2) is 5.82. The molecule has 2 aromatic carbocycles. The lowest BCUT2D eigenvalue weighted by Gasteiger charge is -2.02. The molecule has 0 aliphatic carbocycles. The highest BCUT2D eigenvalue weighted by molar-refractivity contribution is 5.51. The number of aromatic nitrogens is 3. The lowest BCUT2D eigenvalue weighted by Crippen LogP contribution is -2.23. The van der Waals surface area contributed by atoms with Crippen molar-refractivity contribution in [3.05, 3.63) is 75.7 Å². The van der Waals surface area contributed by atoms with Crippen molar-refractivity contribution in [2.24, 2.45) is 0 Å². The molecule has 0 aliphatic rings. The van der Waals surface area contributed by atoms with Crippen molar-refractivity contribution in [2.75, 3.05) is 0 Å². The smallest absolute Gasteiger partial charge is 0.247 e. The summed E-state index contributed by atoms with van der Waals surface area (Å²) >= 11 is 0. The summed E-state index contributed by atoms with van der Waals surface area (Å²) in [6, 6.07) is 13.8. The van der Waals surface area contributed by atoms with Gasteiger partial charge in [-0.15, -0.1) is 5.10 Å². The van der Waals surface area contributed by atoms with E-state index in [-0.39, 0.29) is 11.1 Å². The maximum absolute atomic E-state index is 13.1. The summed E-state index contributed by atoms with van der Waals surface area (Å²) < 4.78 is 15.5. The van der Waals surface area contributed by atoms with E-state index in [1.807, 2.05) is 12.1 Å². The lowest BCUT2D eigenvalue weighted by atomic mass is 10.1. The van der Waals surface area contributed by atoms with Crippen molar-refractivity contribution in [3.63, 3.8) is 0 Å². The third kappa shape index (κ3) is 2.44. The van der Waals surface area contributed by atoms with E-state index in [1.165, 1.54) is 41.0 Å². The Balaban J connectivity index is 2.17. The van der Waals surface area contributed by atoms with Crippen LogP contribution < -0.4 is 5.69 Å². The largest absolute Gasteiger partial charge is 0.355 e. The Bertz CT molecular complexity index is 1060. The molecule has 3 aromatic rings. The predicted molar refractivity (Wildman–Crippen MR) is 83.3 cm³/mol. The van der Waals surface area contributed by atoms with Gasteiger partial charge >= 0.3 is 5.69 Å². The van der Waals surface area contributed by atoms with Crippen molar-refractivity contribution >= 4 is 0 Å². The first-order chi connectivity index (χ1) is 11.5. The zero-order chi connectivity index (χ0) is 17.3. The van der Waals surface area contributed by atoms with Gasteiger partial charge in [0.25, 0.3) is 0 Å². The number of nitrogens with zero attached hydrogens (tertiary/aromatic N) is 5. The number of aryl methyl sites for hydroxylation is 1. The zero-order valence-corrected chi connectivity index (χ0v) is 12.6. The topological polar surface area (TPSA) is 87.4 Å². The van der Waals surface area contributed by atoms with Gasteiger partial charge < -0.3 is 0 Å². The van der Waals surface area contributed by atoms with E-state index in [2.05, 4.69) is 5.10 Å². The Morgan fingerprint density at radius 3 is 2.25 bits per heavy atom. The van der Waals surface area contributed by atoms with Gasteiger partial charge in [-0.3, -0.25) is 0 Å². The van der Waals surface area contributed by atoms with Crippen LogP contribution in [0.25, 0.3) is 11.4 Å². The summed E-state index contributed by atoms with van der Waals surface area (Å²) in [6.45, 7) is 1.65. The highest BCUT2D eigenvalue weighted by Gasteiger charge is 2.14. The standard InChI is InChI=1S/C17H10FN5O/c1-11-21-23(16-5-2-12(9-19)13(8-16)10-20)17(24)22(11)15-6-3-14(18)4-7-15/h2-8H,1H3. The maximum Gasteiger partial charge on any atom is 0.355 e. The summed E-state index contributed by atoms with van der Waals surface area (Å²) in [5.41, 5.74) is 0.798. The summed E-state index contributed by atoms with van der Waals surface area (Å²) in [5.74, 6) is 0.0112. The number of rotatable bonds is 2. The second-order valence-electron chi connectivity index (χ2n) is 5.01. The molecule has 0 aliphatic heterocycles. The third-order valence-corrected chi connectivity index (χ3v) is 3.51. The van der Waals surface area contributed by atoms with Crippen molar-refractivity contribution in [2.45, 2.75) is 6.92 Å². The minimum absolute atomic E-state index is 0.163. The van der Waals surface area contributed by atoms with Gasteiger partial charge in [0.1, 0.15) is 23.8 Å². The molecule has 0 N–H and O–H groups in total. The highest BCUT2D eigenvalue weighted by atomic mass is 19.1. The summed E-state index contributed by atoms with van der Waals surface area (Å²) in [4.78, 5) is 12.7. The van der Waals surface area contributed by atoms with Gasteiger partial charge in [-0.1, -0.05) is 0 Å². The average Bonchev–Trinajstić information content (AvgIpc) is 2.89. The van der Waals surface area contributed by atoms with E-state index in [4.69, 9.17) is 10.5 Å². The van der Waals surface area contributed by atoms with E-state index in [0.29, 0.717) is 17.2 Å². The molecule has 0 bridgehead atoms. The van der Waals surface area contributed by atoms with Gasteiger partial charge in [0.2, 0.25) is 0 Å². The fourth-order valence-corrected chi connectivity index (χ4v) is 2.37. The molecule has 6 nitrogen and oxygen atoms in total. The number of hydrogen-bond donors (Lipinski definition) is 0.